The van der Waals surface area contributed by atoms with Crippen molar-refractivity contribution in [2.45, 2.75) is 12.1 Å². The lowest BCUT2D eigenvalue weighted by Gasteiger charge is -2.41. The van der Waals surface area contributed by atoms with E-state index >= 15 is 4.39 Å². The van der Waals surface area contributed by atoms with E-state index in [4.69, 9.17) is 26.4 Å². The molecule has 11 nitrogen and oxygen atoms in total. The number of carbonyl (C=O) groups is 3. The number of aliphatic imine (C=N–C) groups is 1. The first-order valence-electron chi connectivity index (χ1n) is 16.0. The molecule has 1 saturated heterocycles. The number of thiazole rings is 1. The van der Waals surface area contributed by atoms with Gasteiger partial charge in [0.05, 0.1) is 18.2 Å². The number of halogens is 4. The Morgan fingerprint density at radius 1 is 1.12 bits per heavy atom. The van der Waals surface area contributed by atoms with Gasteiger partial charge in [-0.15, -0.1) is 11.3 Å². The summed E-state index contributed by atoms with van der Waals surface area (Å²) in [5.41, 5.74) is 1.05. The second-order valence-corrected chi connectivity index (χ2v) is 13.5. The minimum Gasteiger partial charge on any atom is -0.478 e. The number of hydrogen-bond donors (Lipinski definition) is 2. The van der Waals surface area contributed by atoms with Crippen molar-refractivity contribution in [2.75, 3.05) is 51.8 Å². The smallest absolute Gasteiger partial charge is 0.338 e. The van der Waals surface area contributed by atoms with E-state index in [1.807, 2.05) is 7.05 Å². The first kappa shape index (κ1) is 36.7. The van der Waals surface area contributed by atoms with Crippen LogP contribution in [0.25, 0.3) is 11.1 Å². The highest BCUT2D eigenvalue weighted by molar-refractivity contribution is 7.11. The molecule has 0 bridgehead atoms. The molecule has 3 heterocycles. The molecule has 1 aromatic heterocycles. The molecule has 2 N–H and O–H groups in total. The summed E-state index contributed by atoms with van der Waals surface area (Å²) in [5, 5.41) is 14.9. The molecule has 0 aliphatic carbocycles. The molecule has 2 aliphatic heterocycles. The van der Waals surface area contributed by atoms with Crippen molar-refractivity contribution >= 4 is 52.8 Å². The van der Waals surface area contributed by atoms with Gasteiger partial charge < -0.3 is 20.1 Å². The first-order valence-corrected chi connectivity index (χ1v) is 17.2. The summed E-state index contributed by atoms with van der Waals surface area (Å²) < 4.78 is 48.9. The normalized spacial score (nSPS) is 18.1. The minimum atomic E-state index is -1.43. The van der Waals surface area contributed by atoms with Gasteiger partial charge in [0.15, 0.2) is 10.8 Å². The first-order chi connectivity index (χ1) is 25.0. The minimum absolute atomic E-state index is 0.0435. The highest BCUT2D eigenvalue weighted by Gasteiger charge is 2.36. The average Bonchev–Trinajstić information content (AvgIpc) is 3.66. The molecule has 1 fully saturated rings. The Morgan fingerprint density at radius 2 is 1.92 bits per heavy atom. The number of amides is 1. The third-order valence-electron chi connectivity index (χ3n) is 9.00. The quantitative estimate of drug-likeness (QED) is 0.154. The van der Waals surface area contributed by atoms with Crippen LogP contribution in [0.4, 0.5) is 18.9 Å². The fourth-order valence-corrected chi connectivity index (χ4v) is 7.11. The number of carboxylic acids is 1. The fraction of sp³-hybridized carbons (Fsp3) is 0.250. The van der Waals surface area contributed by atoms with Crippen LogP contribution in [0.2, 0.25) is 5.02 Å². The van der Waals surface area contributed by atoms with Crippen molar-refractivity contribution in [3.63, 3.8) is 0 Å². The van der Waals surface area contributed by atoms with E-state index in [-0.39, 0.29) is 46.5 Å². The van der Waals surface area contributed by atoms with Crippen molar-refractivity contribution in [1.29, 1.82) is 0 Å². The molecule has 6 rings (SSSR count). The SMILES string of the molecule is COC(=O)C1=C(CN2CCN(C)C(CN(C=O)c3ccc(-c4ccc(C(=O)O)c(F)c4)c(F)c3)C2)NC(c2nccs2)=N[C@H]1c1ccc(F)cc1Cl. The summed E-state index contributed by atoms with van der Waals surface area (Å²) >= 11 is 7.83. The average molecular weight is 753 g/mol. The van der Waals surface area contributed by atoms with E-state index in [1.165, 1.54) is 59.7 Å². The number of anilines is 1. The van der Waals surface area contributed by atoms with Gasteiger partial charge in [0.1, 0.15) is 23.5 Å². The molecule has 270 valence electrons. The van der Waals surface area contributed by atoms with Crippen molar-refractivity contribution in [1.82, 2.24) is 20.1 Å². The molecule has 1 amide bonds. The number of methoxy groups -OCH3 is 1. The molecule has 2 aliphatic rings. The topological polar surface area (TPSA) is 128 Å². The Morgan fingerprint density at radius 3 is 2.58 bits per heavy atom. The van der Waals surface area contributed by atoms with Crippen molar-refractivity contribution in [3.8, 4) is 11.1 Å². The monoisotopic (exact) mass is 752 g/mol. The van der Waals surface area contributed by atoms with E-state index in [1.54, 1.807) is 11.6 Å². The van der Waals surface area contributed by atoms with E-state index < -0.39 is 41.0 Å². The van der Waals surface area contributed by atoms with Gasteiger partial charge in [-0.25, -0.2) is 27.7 Å². The number of likely N-dealkylation sites (N-methyl/N-ethyl adjacent to an activating group) is 1. The van der Waals surface area contributed by atoms with Crippen LogP contribution in [0.1, 0.15) is 27.0 Å². The van der Waals surface area contributed by atoms with Crippen LogP contribution in [0, 0.1) is 17.5 Å². The number of amidine groups is 1. The maximum atomic E-state index is 15.4. The fourth-order valence-electron chi connectivity index (χ4n) is 6.25. The maximum Gasteiger partial charge on any atom is 0.338 e. The zero-order chi connectivity index (χ0) is 37.1. The summed E-state index contributed by atoms with van der Waals surface area (Å²) in [6, 6.07) is 10.2. The Hall–Kier alpha value is -5.09. The van der Waals surface area contributed by atoms with Gasteiger partial charge in [-0.1, -0.05) is 23.7 Å². The highest BCUT2D eigenvalue weighted by atomic mass is 35.5. The van der Waals surface area contributed by atoms with Crippen LogP contribution in [0.15, 0.2) is 82.4 Å². The van der Waals surface area contributed by atoms with Gasteiger partial charge >= 0.3 is 11.9 Å². The summed E-state index contributed by atoms with van der Waals surface area (Å²) in [6.07, 6.45) is 2.24. The molecule has 4 aromatic rings. The maximum absolute atomic E-state index is 15.4. The van der Waals surface area contributed by atoms with Crippen molar-refractivity contribution in [2.24, 2.45) is 4.99 Å². The van der Waals surface area contributed by atoms with Gasteiger partial charge in [-0.3, -0.25) is 19.6 Å². The lowest BCUT2D eigenvalue weighted by atomic mass is 9.95. The number of carbonyl (C=O) groups excluding carboxylic acids is 2. The second kappa shape index (κ2) is 15.7. The van der Waals surface area contributed by atoms with E-state index in [0.717, 1.165) is 18.2 Å². The van der Waals surface area contributed by atoms with E-state index in [9.17, 15) is 23.2 Å². The van der Waals surface area contributed by atoms with Crippen LogP contribution in [-0.2, 0) is 14.3 Å². The predicted molar refractivity (Wildman–Crippen MR) is 190 cm³/mol. The number of aromatic carboxylic acids is 1. The van der Waals surface area contributed by atoms with Crippen molar-refractivity contribution in [3.05, 3.63) is 116 Å². The zero-order valence-electron chi connectivity index (χ0n) is 27.9. The summed E-state index contributed by atoms with van der Waals surface area (Å²) in [6.45, 7) is 2.08. The number of esters is 1. The predicted octanol–water partition coefficient (Wildman–Crippen LogP) is 5.38. The Balaban J connectivity index is 1.25. The highest BCUT2D eigenvalue weighted by Crippen LogP contribution is 2.37. The summed E-state index contributed by atoms with van der Waals surface area (Å²) in [7, 11) is 3.18. The third kappa shape index (κ3) is 7.72. The van der Waals surface area contributed by atoms with Crippen molar-refractivity contribution < 1.29 is 37.4 Å². The molecule has 0 spiro atoms. The number of nitrogens with one attached hydrogen (secondary N) is 1. The largest absolute Gasteiger partial charge is 0.478 e. The lowest BCUT2D eigenvalue weighted by Crippen LogP contribution is -2.56. The molecule has 1 unspecified atom stereocenters. The van der Waals surface area contributed by atoms with Crippen LogP contribution >= 0.6 is 22.9 Å². The molecule has 52 heavy (non-hydrogen) atoms. The van der Waals surface area contributed by atoms with Gasteiger partial charge in [0, 0.05) is 77.9 Å². The second-order valence-electron chi connectivity index (χ2n) is 12.2. The van der Waals surface area contributed by atoms with Gasteiger partial charge in [-0.2, -0.15) is 0 Å². The van der Waals surface area contributed by atoms with Gasteiger partial charge in [-0.05, 0) is 55.1 Å². The Labute approximate surface area is 305 Å². The number of nitrogens with zero attached hydrogens (tertiary/aromatic N) is 5. The lowest BCUT2D eigenvalue weighted by molar-refractivity contribution is -0.136. The molecule has 0 radical (unpaired) electrons. The van der Waals surface area contributed by atoms with Gasteiger partial charge in [0.25, 0.3) is 0 Å². The molecule has 2 atom stereocenters. The summed E-state index contributed by atoms with van der Waals surface area (Å²) in [4.78, 5) is 51.6. The molecule has 16 heteroatoms. The van der Waals surface area contributed by atoms with Crippen LogP contribution < -0.4 is 10.2 Å². The number of carboxylic acid groups (broad SMARTS) is 1. The number of ether oxygens (including phenoxy) is 1. The van der Waals surface area contributed by atoms with E-state index in [2.05, 4.69) is 20.1 Å². The van der Waals surface area contributed by atoms with Crippen LogP contribution in [0.3, 0.4) is 0 Å². The number of hydrogen-bond acceptors (Lipinski definition) is 10. The molecule has 3 aromatic carbocycles. The molecule has 0 saturated carbocycles. The van der Waals surface area contributed by atoms with Gasteiger partial charge in [0.2, 0.25) is 6.41 Å². The summed E-state index contributed by atoms with van der Waals surface area (Å²) in [5.74, 6) is -3.91. The van der Waals surface area contributed by atoms with Crippen LogP contribution in [-0.4, -0.2) is 97.0 Å². The number of benzene rings is 3. The molecular weight excluding hydrogens is 721 g/mol. The zero-order valence-corrected chi connectivity index (χ0v) is 29.4. The standard InChI is InChI=1S/C36H32ClF3N6O5S/c1-44-10-11-45(16-23(44)17-46(19-47)22-5-8-24(29(40)15-22)20-3-6-26(35(48)49)28(39)13-20)18-30-31(36(50)51-2)32(25-7-4-21(38)14-27(25)37)43-33(42-30)34-41-9-12-52-34/h3-9,12-15,19,23,32H,10-11,16-18H2,1-2H3,(H,42,43)(H,48,49)/t23?,32-/m0/s1. The Bertz CT molecular complexity index is 2080. The van der Waals surface area contributed by atoms with E-state index in [0.29, 0.717) is 48.1 Å². The number of piperazine rings is 1. The number of rotatable bonds is 11. The molecular formula is C36H32ClF3N6O5S. The third-order valence-corrected chi connectivity index (χ3v) is 10.1. The number of aromatic nitrogens is 1. The van der Waals surface area contributed by atoms with Crippen LogP contribution in [0.5, 0.6) is 0 Å². The Kier molecular flexibility index (Phi) is 11.0.